The summed E-state index contributed by atoms with van der Waals surface area (Å²) in [5, 5.41) is 2.66. The highest BCUT2D eigenvalue weighted by atomic mass is 32.2. The number of rotatable bonds is 10. The molecule has 0 aliphatic heterocycles. The minimum absolute atomic E-state index is 0.118. The summed E-state index contributed by atoms with van der Waals surface area (Å²) in [5.74, 6) is 0.270. The summed E-state index contributed by atoms with van der Waals surface area (Å²) in [6, 6.07) is 13.7. The summed E-state index contributed by atoms with van der Waals surface area (Å²) >= 11 is 0. The molecule has 2 N–H and O–H groups in total. The SMILES string of the molecule is CCCCNS(=O)(=O)c1cccc(NC(=O)COc2cccc(CC)c2)c1. The molecule has 0 heterocycles. The zero-order chi connectivity index (χ0) is 19.7. The van der Waals surface area contributed by atoms with Crippen LogP contribution >= 0.6 is 0 Å². The number of sulfonamides is 1. The van der Waals surface area contributed by atoms with Crippen molar-refractivity contribution in [3.63, 3.8) is 0 Å². The van der Waals surface area contributed by atoms with Crippen molar-refractivity contribution in [2.75, 3.05) is 18.5 Å². The molecular weight excluding hydrogens is 364 g/mol. The van der Waals surface area contributed by atoms with Crippen LogP contribution in [0.4, 0.5) is 5.69 Å². The van der Waals surface area contributed by atoms with Crippen molar-refractivity contribution in [3.8, 4) is 5.75 Å². The molecule has 0 aliphatic carbocycles. The number of ether oxygens (including phenoxy) is 1. The fourth-order valence-electron chi connectivity index (χ4n) is 2.41. The van der Waals surface area contributed by atoms with Crippen molar-refractivity contribution >= 4 is 21.6 Å². The third-order valence-electron chi connectivity index (χ3n) is 3.93. The number of amides is 1. The van der Waals surface area contributed by atoms with E-state index >= 15 is 0 Å². The number of nitrogens with one attached hydrogen (secondary N) is 2. The molecule has 0 aromatic heterocycles. The summed E-state index contributed by atoms with van der Waals surface area (Å²) in [6.45, 7) is 4.27. The molecule has 0 atom stereocenters. The Kier molecular flexibility index (Phi) is 7.82. The van der Waals surface area contributed by atoms with Gasteiger partial charge in [0.15, 0.2) is 6.61 Å². The summed E-state index contributed by atoms with van der Waals surface area (Å²) in [4.78, 5) is 12.2. The molecule has 0 bridgehead atoms. The van der Waals surface area contributed by atoms with E-state index in [2.05, 4.69) is 10.0 Å². The highest BCUT2D eigenvalue weighted by Gasteiger charge is 2.14. The van der Waals surface area contributed by atoms with Gasteiger partial charge in [0.1, 0.15) is 5.75 Å². The third-order valence-corrected chi connectivity index (χ3v) is 5.39. The molecular formula is C20H26N2O4S. The van der Waals surface area contributed by atoms with Crippen molar-refractivity contribution < 1.29 is 17.9 Å². The average Bonchev–Trinajstić information content (AvgIpc) is 2.67. The molecule has 2 aromatic carbocycles. The van der Waals surface area contributed by atoms with Crippen molar-refractivity contribution in [1.29, 1.82) is 0 Å². The van der Waals surface area contributed by atoms with Crippen molar-refractivity contribution in [2.24, 2.45) is 0 Å². The van der Waals surface area contributed by atoms with E-state index < -0.39 is 10.0 Å². The van der Waals surface area contributed by atoms with Crippen LogP contribution in [0.3, 0.4) is 0 Å². The fourth-order valence-corrected chi connectivity index (χ4v) is 3.53. The Morgan fingerprint density at radius 3 is 2.59 bits per heavy atom. The molecule has 1 amide bonds. The molecule has 0 aliphatic rings. The fraction of sp³-hybridized carbons (Fsp3) is 0.350. The summed E-state index contributed by atoms with van der Waals surface area (Å²) in [6.07, 6.45) is 2.56. The summed E-state index contributed by atoms with van der Waals surface area (Å²) in [5.41, 5.74) is 1.53. The first kappa shape index (κ1) is 20.9. The van der Waals surface area contributed by atoms with Gasteiger partial charge in [0, 0.05) is 12.2 Å². The van der Waals surface area contributed by atoms with E-state index in [1.165, 1.54) is 12.1 Å². The number of carbonyl (C=O) groups is 1. The number of aryl methyl sites for hydroxylation is 1. The minimum atomic E-state index is -3.59. The maximum Gasteiger partial charge on any atom is 0.262 e. The van der Waals surface area contributed by atoms with Gasteiger partial charge in [-0.25, -0.2) is 13.1 Å². The second kappa shape index (κ2) is 10.1. The molecule has 0 saturated heterocycles. The summed E-state index contributed by atoms with van der Waals surface area (Å²) < 4.78 is 32.6. The molecule has 0 fully saturated rings. The predicted molar refractivity (Wildman–Crippen MR) is 106 cm³/mol. The Labute approximate surface area is 161 Å². The molecule has 0 radical (unpaired) electrons. The van der Waals surface area contributed by atoms with Gasteiger partial charge in [-0.15, -0.1) is 0 Å². The monoisotopic (exact) mass is 390 g/mol. The average molecular weight is 391 g/mol. The normalized spacial score (nSPS) is 11.2. The second-order valence-corrected chi connectivity index (χ2v) is 7.88. The predicted octanol–water partition coefficient (Wildman–Crippen LogP) is 3.34. The van der Waals surface area contributed by atoms with Gasteiger partial charge in [-0.3, -0.25) is 4.79 Å². The Hall–Kier alpha value is -2.38. The van der Waals surface area contributed by atoms with Gasteiger partial charge in [-0.1, -0.05) is 38.5 Å². The summed E-state index contributed by atoms with van der Waals surface area (Å²) in [7, 11) is -3.59. The lowest BCUT2D eigenvalue weighted by molar-refractivity contribution is -0.118. The van der Waals surface area contributed by atoms with E-state index in [-0.39, 0.29) is 17.4 Å². The van der Waals surface area contributed by atoms with Crippen LogP contribution in [0.5, 0.6) is 5.75 Å². The van der Waals surface area contributed by atoms with E-state index in [1.54, 1.807) is 18.2 Å². The van der Waals surface area contributed by atoms with Crippen LogP contribution in [0, 0.1) is 0 Å². The van der Waals surface area contributed by atoms with Crippen LogP contribution in [0.25, 0.3) is 0 Å². The first-order valence-corrected chi connectivity index (χ1v) is 10.5. The van der Waals surface area contributed by atoms with Crippen LogP contribution in [-0.2, 0) is 21.2 Å². The Bertz CT molecular complexity index is 866. The van der Waals surface area contributed by atoms with E-state index in [4.69, 9.17) is 4.74 Å². The maximum absolute atomic E-state index is 12.3. The van der Waals surface area contributed by atoms with Crippen molar-refractivity contribution in [3.05, 3.63) is 54.1 Å². The lowest BCUT2D eigenvalue weighted by atomic mass is 10.2. The molecule has 2 aromatic rings. The molecule has 27 heavy (non-hydrogen) atoms. The molecule has 0 saturated carbocycles. The Morgan fingerprint density at radius 2 is 1.85 bits per heavy atom. The number of hydrogen-bond donors (Lipinski definition) is 2. The molecule has 7 heteroatoms. The van der Waals surface area contributed by atoms with E-state index in [0.29, 0.717) is 18.0 Å². The van der Waals surface area contributed by atoms with Crippen LogP contribution in [0.1, 0.15) is 32.3 Å². The number of hydrogen-bond acceptors (Lipinski definition) is 4. The van der Waals surface area contributed by atoms with E-state index in [0.717, 1.165) is 24.8 Å². The first-order valence-electron chi connectivity index (χ1n) is 9.06. The van der Waals surface area contributed by atoms with Crippen LogP contribution in [0.2, 0.25) is 0 Å². The van der Waals surface area contributed by atoms with Crippen LogP contribution in [-0.4, -0.2) is 27.5 Å². The number of unbranched alkanes of at least 4 members (excludes halogenated alkanes) is 1. The van der Waals surface area contributed by atoms with Gasteiger partial charge in [-0.2, -0.15) is 0 Å². The lowest BCUT2D eigenvalue weighted by Crippen LogP contribution is -2.25. The smallest absolute Gasteiger partial charge is 0.262 e. The largest absolute Gasteiger partial charge is 0.484 e. The van der Waals surface area contributed by atoms with Gasteiger partial charge >= 0.3 is 0 Å². The highest BCUT2D eigenvalue weighted by molar-refractivity contribution is 7.89. The van der Waals surface area contributed by atoms with Gasteiger partial charge in [-0.05, 0) is 48.7 Å². The molecule has 0 spiro atoms. The minimum Gasteiger partial charge on any atom is -0.484 e. The van der Waals surface area contributed by atoms with Crippen LogP contribution in [0.15, 0.2) is 53.4 Å². The number of anilines is 1. The molecule has 146 valence electrons. The lowest BCUT2D eigenvalue weighted by Gasteiger charge is -2.10. The maximum atomic E-state index is 12.3. The van der Waals surface area contributed by atoms with Gasteiger partial charge in [0.25, 0.3) is 5.91 Å². The molecule has 2 rings (SSSR count). The van der Waals surface area contributed by atoms with Gasteiger partial charge < -0.3 is 10.1 Å². The van der Waals surface area contributed by atoms with Crippen molar-refractivity contribution in [1.82, 2.24) is 4.72 Å². The topological polar surface area (TPSA) is 84.5 Å². The van der Waals surface area contributed by atoms with Gasteiger partial charge in [0.2, 0.25) is 10.0 Å². The molecule has 6 nitrogen and oxygen atoms in total. The van der Waals surface area contributed by atoms with Crippen LogP contribution < -0.4 is 14.8 Å². The number of benzene rings is 2. The first-order chi connectivity index (χ1) is 12.9. The van der Waals surface area contributed by atoms with Gasteiger partial charge in [0.05, 0.1) is 4.90 Å². The Balaban J connectivity index is 1.95. The second-order valence-electron chi connectivity index (χ2n) is 6.12. The van der Waals surface area contributed by atoms with E-state index in [9.17, 15) is 13.2 Å². The van der Waals surface area contributed by atoms with E-state index in [1.807, 2.05) is 32.0 Å². The number of carbonyl (C=O) groups excluding carboxylic acids is 1. The zero-order valence-corrected chi connectivity index (χ0v) is 16.5. The molecule has 0 unspecified atom stereocenters. The Morgan fingerprint density at radius 1 is 1.07 bits per heavy atom. The zero-order valence-electron chi connectivity index (χ0n) is 15.7. The standard InChI is InChI=1S/C20H26N2O4S/c1-3-5-12-21-27(24,25)19-11-7-9-17(14-19)22-20(23)15-26-18-10-6-8-16(4-2)13-18/h6-11,13-14,21H,3-5,12,15H2,1-2H3,(H,22,23). The quantitative estimate of drug-likeness (QED) is 0.610. The highest BCUT2D eigenvalue weighted by Crippen LogP contribution is 2.16. The third kappa shape index (κ3) is 6.69. The van der Waals surface area contributed by atoms with Crippen molar-refractivity contribution in [2.45, 2.75) is 38.0 Å².